The van der Waals surface area contributed by atoms with E-state index in [0.29, 0.717) is 10.8 Å². The largest absolute Gasteiger partial charge is 0.122 e. The van der Waals surface area contributed by atoms with Gasteiger partial charge in [-0.1, -0.05) is 18.6 Å². The molecule has 0 saturated heterocycles. The van der Waals surface area contributed by atoms with Crippen LogP contribution in [0.25, 0.3) is 0 Å². The highest BCUT2D eigenvalue weighted by atomic mass is 35.5. The summed E-state index contributed by atoms with van der Waals surface area (Å²) in [4.78, 5) is 0. The van der Waals surface area contributed by atoms with E-state index in [1.807, 2.05) is 0 Å². The van der Waals surface area contributed by atoms with Crippen molar-refractivity contribution in [1.29, 1.82) is 0 Å². The van der Waals surface area contributed by atoms with Crippen LogP contribution in [0.5, 0.6) is 0 Å². The number of halogens is 1. The molecule has 0 bridgehead atoms. The molecule has 12 heavy (non-hydrogen) atoms. The summed E-state index contributed by atoms with van der Waals surface area (Å²) in [7, 11) is 0. The summed E-state index contributed by atoms with van der Waals surface area (Å²) in [5, 5.41) is 0.401. The maximum Gasteiger partial charge on any atom is 0.0426 e. The quantitative estimate of drug-likeness (QED) is 0.396. The molecule has 0 radical (unpaired) electrons. The van der Waals surface area contributed by atoms with Crippen molar-refractivity contribution in [3.8, 4) is 0 Å². The Balaban J connectivity index is 2.28. The van der Waals surface area contributed by atoms with Gasteiger partial charge in [-0.25, -0.2) is 0 Å². The zero-order valence-corrected chi connectivity index (χ0v) is 8.53. The third-order valence-corrected chi connectivity index (χ3v) is 4.32. The fourth-order valence-electron chi connectivity index (χ4n) is 2.67. The van der Waals surface area contributed by atoms with Gasteiger partial charge < -0.3 is 0 Å². The summed E-state index contributed by atoms with van der Waals surface area (Å²) in [6, 6.07) is 0. The Bertz CT molecular complexity index is 207. The van der Waals surface area contributed by atoms with Gasteiger partial charge in [-0.3, -0.25) is 0 Å². The highest BCUT2D eigenvalue weighted by Gasteiger charge is 2.39. The summed E-state index contributed by atoms with van der Waals surface area (Å²) in [6.07, 6.45) is 10.2. The number of alkyl halides is 1. The molecule has 68 valence electrons. The molecule has 0 nitrogen and oxygen atoms in total. The average Bonchev–Trinajstić information content (AvgIpc) is 2.07. The number of hydrogen-bond donors (Lipinski definition) is 0. The smallest absolute Gasteiger partial charge is 0.0426 e. The van der Waals surface area contributed by atoms with Crippen LogP contribution in [0, 0.1) is 5.41 Å². The Hall–Kier alpha value is 0.0300. The second kappa shape index (κ2) is 3.06. The molecule has 0 N–H and O–H groups in total. The number of fused-ring (bicyclic) bond motifs is 1. The molecule has 0 aliphatic heterocycles. The Kier molecular flexibility index (Phi) is 2.20. The standard InChI is InChI=1S/C11H17Cl/c1-11-8-3-2-5-9(11)6-4-7-10(11)12/h5,10H,2-4,6-8H2,1H3/t10-,11-/m1/s1. The lowest BCUT2D eigenvalue weighted by Crippen LogP contribution is -2.35. The van der Waals surface area contributed by atoms with Gasteiger partial charge in [0, 0.05) is 10.8 Å². The van der Waals surface area contributed by atoms with Gasteiger partial charge in [0.2, 0.25) is 0 Å². The molecule has 2 aliphatic carbocycles. The minimum Gasteiger partial charge on any atom is -0.122 e. The van der Waals surface area contributed by atoms with E-state index in [-0.39, 0.29) is 0 Å². The van der Waals surface area contributed by atoms with Gasteiger partial charge in [-0.2, -0.15) is 0 Å². The van der Waals surface area contributed by atoms with Crippen molar-refractivity contribution in [3.63, 3.8) is 0 Å². The lowest BCUT2D eigenvalue weighted by atomic mass is 9.66. The number of allylic oxidation sites excluding steroid dienone is 2. The summed E-state index contributed by atoms with van der Waals surface area (Å²) in [6.45, 7) is 2.36. The van der Waals surface area contributed by atoms with Gasteiger partial charge in [0.05, 0.1) is 0 Å². The number of rotatable bonds is 0. The van der Waals surface area contributed by atoms with Gasteiger partial charge in [0.25, 0.3) is 0 Å². The molecular formula is C11H17Cl. The molecule has 0 unspecified atom stereocenters. The molecule has 2 rings (SSSR count). The van der Waals surface area contributed by atoms with Crippen molar-refractivity contribution in [2.75, 3.05) is 0 Å². The molecule has 2 atom stereocenters. The third-order valence-electron chi connectivity index (χ3n) is 3.62. The highest BCUT2D eigenvalue weighted by molar-refractivity contribution is 6.21. The topological polar surface area (TPSA) is 0 Å². The Morgan fingerprint density at radius 1 is 1.50 bits per heavy atom. The molecule has 1 saturated carbocycles. The van der Waals surface area contributed by atoms with Gasteiger partial charge in [0.1, 0.15) is 0 Å². The molecule has 1 heteroatoms. The Morgan fingerprint density at radius 3 is 3.08 bits per heavy atom. The molecule has 0 amide bonds. The molecule has 0 heterocycles. The normalized spacial score (nSPS) is 41.8. The SMILES string of the molecule is C[C@@]12CCCC=C1CCC[C@H]2Cl. The fourth-order valence-corrected chi connectivity index (χ4v) is 3.08. The van der Waals surface area contributed by atoms with Crippen LogP contribution >= 0.6 is 11.6 Å². The first-order chi connectivity index (χ1) is 5.73. The van der Waals surface area contributed by atoms with Crippen molar-refractivity contribution < 1.29 is 0 Å². The zero-order chi connectivity index (χ0) is 8.60. The van der Waals surface area contributed by atoms with Crippen molar-refractivity contribution in [1.82, 2.24) is 0 Å². The average molecular weight is 185 g/mol. The van der Waals surface area contributed by atoms with Gasteiger partial charge in [-0.05, 0) is 38.5 Å². The van der Waals surface area contributed by atoms with Crippen LogP contribution in [0.2, 0.25) is 0 Å². The van der Waals surface area contributed by atoms with Crippen LogP contribution in [-0.4, -0.2) is 5.38 Å². The van der Waals surface area contributed by atoms with E-state index in [9.17, 15) is 0 Å². The molecule has 2 aliphatic rings. The maximum absolute atomic E-state index is 6.39. The molecule has 0 aromatic heterocycles. The first-order valence-electron chi connectivity index (χ1n) is 5.07. The van der Waals surface area contributed by atoms with Crippen molar-refractivity contribution in [2.45, 2.75) is 50.8 Å². The molecule has 0 aromatic rings. The second-order valence-electron chi connectivity index (χ2n) is 4.40. The zero-order valence-electron chi connectivity index (χ0n) is 7.78. The van der Waals surface area contributed by atoms with E-state index in [1.54, 1.807) is 5.57 Å². The van der Waals surface area contributed by atoms with E-state index in [4.69, 9.17) is 11.6 Å². The summed E-state index contributed by atoms with van der Waals surface area (Å²) >= 11 is 6.39. The van der Waals surface area contributed by atoms with Crippen molar-refractivity contribution in [3.05, 3.63) is 11.6 Å². The van der Waals surface area contributed by atoms with E-state index in [1.165, 1.54) is 38.5 Å². The summed E-state index contributed by atoms with van der Waals surface area (Å²) in [5.74, 6) is 0. The molecule has 0 aromatic carbocycles. The summed E-state index contributed by atoms with van der Waals surface area (Å²) < 4.78 is 0. The minimum absolute atomic E-state index is 0.359. The Morgan fingerprint density at radius 2 is 2.33 bits per heavy atom. The lowest BCUT2D eigenvalue weighted by molar-refractivity contribution is 0.269. The van der Waals surface area contributed by atoms with Crippen molar-refractivity contribution in [2.24, 2.45) is 5.41 Å². The maximum atomic E-state index is 6.39. The molecule has 1 fully saturated rings. The predicted molar refractivity (Wildman–Crippen MR) is 53.5 cm³/mol. The first-order valence-corrected chi connectivity index (χ1v) is 5.51. The molecular weight excluding hydrogens is 168 g/mol. The second-order valence-corrected chi connectivity index (χ2v) is 4.93. The monoisotopic (exact) mass is 184 g/mol. The van der Waals surface area contributed by atoms with E-state index < -0.39 is 0 Å². The van der Waals surface area contributed by atoms with Crippen LogP contribution in [0.15, 0.2) is 11.6 Å². The van der Waals surface area contributed by atoms with E-state index >= 15 is 0 Å². The minimum atomic E-state index is 0.359. The van der Waals surface area contributed by atoms with Gasteiger partial charge in [0.15, 0.2) is 0 Å². The van der Waals surface area contributed by atoms with Crippen LogP contribution in [0.1, 0.15) is 45.4 Å². The third kappa shape index (κ3) is 1.21. The number of hydrogen-bond acceptors (Lipinski definition) is 0. The van der Waals surface area contributed by atoms with Gasteiger partial charge in [-0.15, -0.1) is 11.6 Å². The predicted octanol–water partition coefficient (Wildman–Crippen LogP) is 3.89. The molecule has 0 spiro atoms. The lowest BCUT2D eigenvalue weighted by Gasteiger charge is -2.43. The van der Waals surface area contributed by atoms with Crippen LogP contribution < -0.4 is 0 Å². The van der Waals surface area contributed by atoms with E-state index in [2.05, 4.69) is 13.0 Å². The van der Waals surface area contributed by atoms with E-state index in [0.717, 1.165) is 0 Å². The van der Waals surface area contributed by atoms with Crippen LogP contribution in [0.3, 0.4) is 0 Å². The van der Waals surface area contributed by atoms with Crippen LogP contribution in [0.4, 0.5) is 0 Å². The Labute approximate surface area is 80.0 Å². The summed E-state index contributed by atoms with van der Waals surface area (Å²) in [5.41, 5.74) is 2.01. The first kappa shape index (κ1) is 8.62. The van der Waals surface area contributed by atoms with Gasteiger partial charge >= 0.3 is 0 Å². The van der Waals surface area contributed by atoms with Crippen molar-refractivity contribution >= 4 is 11.6 Å². The van der Waals surface area contributed by atoms with Crippen LogP contribution in [-0.2, 0) is 0 Å². The highest BCUT2D eigenvalue weighted by Crippen LogP contribution is 2.49. The fraction of sp³-hybridized carbons (Fsp3) is 0.818.